The summed E-state index contributed by atoms with van der Waals surface area (Å²) in [5, 5.41) is 3.51. The van der Waals surface area contributed by atoms with E-state index in [4.69, 9.17) is 24.2 Å². The molecule has 6 heteroatoms. The molecule has 1 heterocycles. The quantitative estimate of drug-likeness (QED) is 0.578. The van der Waals surface area contributed by atoms with Gasteiger partial charge in [-0.15, -0.1) is 0 Å². The Kier molecular flexibility index (Phi) is 8.36. The number of methoxy groups -OCH3 is 1. The number of benzene rings is 1. The third-order valence-corrected chi connectivity index (χ3v) is 4.61. The van der Waals surface area contributed by atoms with Crippen molar-refractivity contribution in [2.45, 2.75) is 59.9 Å². The first kappa shape index (κ1) is 21.8. The zero-order chi connectivity index (χ0) is 20.5. The van der Waals surface area contributed by atoms with Gasteiger partial charge in [-0.2, -0.15) is 4.98 Å². The maximum atomic E-state index is 5.86. The molecule has 0 aliphatic carbocycles. The second-order valence-electron chi connectivity index (χ2n) is 6.41. The van der Waals surface area contributed by atoms with Gasteiger partial charge in [-0.25, -0.2) is 4.98 Å². The minimum atomic E-state index is 0.361. The highest BCUT2D eigenvalue weighted by Gasteiger charge is 2.20. The maximum Gasteiger partial charge on any atom is 0.242 e. The Bertz CT molecular complexity index is 761. The van der Waals surface area contributed by atoms with Crippen LogP contribution in [-0.4, -0.2) is 36.3 Å². The Morgan fingerprint density at radius 2 is 1.68 bits per heavy atom. The molecule has 0 bridgehead atoms. The van der Waals surface area contributed by atoms with Crippen molar-refractivity contribution < 1.29 is 14.2 Å². The molecule has 6 nitrogen and oxygen atoms in total. The fourth-order valence-corrected chi connectivity index (χ4v) is 3.05. The first-order chi connectivity index (χ1) is 13.6. The third kappa shape index (κ3) is 5.06. The van der Waals surface area contributed by atoms with Crippen molar-refractivity contribution in [3.05, 3.63) is 23.9 Å². The number of ether oxygens (including phenoxy) is 3. The van der Waals surface area contributed by atoms with Crippen LogP contribution in [0.1, 0.15) is 53.2 Å². The summed E-state index contributed by atoms with van der Waals surface area (Å²) in [7, 11) is 1.62. The van der Waals surface area contributed by atoms with Crippen LogP contribution >= 0.6 is 0 Å². The van der Waals surface area contributed by atoms with E-state index in [2.05, 4.69) is 26.1 Å². The first-order valence-electron chi connectivity index (χ1n) is 10.2. The van der Waals surface area contributed by atoms with E-state index in [1.54, 1.807) is 7.11 Å². The normalized spacial score (nSPS) is 10.8. The van der Waals surface area contributed by atoms with E-state index in [0.29, 0.717) is 36.6 Å². The average molecular weight is 388 g/mol. The molecule has 2 rings (SSSR count). The number of hydrogen-bond donors (Lipinski definition) is 1. The van der Waals surface area contributed by atoms with Crippen LogP contribution in [0.25, 0.3) is 11.3 Å². The second-order valence-corrected chi connectivity index (χ2v) is 6.41. The van der Waals surface area contributed by atoms with Gasteiger partial charge in [0.2, 0.25) is 5.88 Å². The Balaban J connectivity index is 2.55. The summed E-state index contributed by atoms with van der Waals surface area (Å²) in [6, 6.07) is 6.13. The summed E-state index contributed by atoms with van der Waals surface area (Å²) in [5.41, 5.74) is 2.44. The predicted molar refractivity (Wildman–Crippen MR) is 114 cm³/mol. The molecule has 0 spiro atoms. The summed E-state index contributed by atoms with van der Waals surface area (Å²) in [4.78, 5) is 9.65. The van der Waals surface area contributed by atoms with Crippen LogP contribution in [0.3, 0.4) is 0 Å². The van der Waals surface area contributed by atoms with E-state index >= 15 is 0 Å². The van der Waals surface area contributed by atoms with Gasteiger partial charge in [-0.3, -0.25) is 0 Å². The number of aromatic nitrogens is 2. The molecule has 1 aromatic heterocycles. The highest BCUT2D eigenvalue weighted by atomic mass is 16.5. The molecule has 1 aromatic carbocycles. The summed E-state index contributed by atoms with van der Waals surface area (Å²) in [6.07, 6.45) is 2.82. The van der Waals surface area contributed by atoms with E-state index in [-0.39, 0.29) is 0 Å². The number of nitrogens with zero attached hydrogens (tertiary/aromatic N) is 2. The summed E-state index contributed by atoms with van der Waals surface area (Å²) < 4.78 is 17.1. The van der Waals surface area contributed by atoms with Crippen molar-refractivity contribution in [1.82, 2.24) is 9.97 Å². The van der Waals surface area contributed by atoms with Gasteiger partial charge in [0.15, 0.2) is 5.82 Å². The second kappa shape index (κ2) is 10.7. The van der Waals surface area contributed by atoms with Gasteiger partial charge in [-0.05, 0) is 45.2 Å². The number of anilines is 1. The fourth-order valence-electron chi connectivity index (χ4n) is 3.05. The molecule has 0 atom stereocenters. The molecule has 0 aliphatic heterocycles. The van der Waals surface area contributed by atoms with Crippen LogP contribution in [0, 0.1) is 0 Å². The maximum absolute atomic E-state index is 5.86. The molecule has 0 unspecified atom stereocenters. The Hall–Kier alpha value is -2.50. The SMILES string of the molecule is CCOc1ccc(-c2nc(CC)c(NC(CC)CC)nc2OC)c(OCC)c1. The van der Waals surface area contributed by atoms with Crippen LogP contribution in [0.15, 0.2) is 18.2 Å². The Morgan fingerprint density at radius 1 is 0.964 bits per heavy atom. The summed E-state index contributed by atoms with van der Waals surface area (Å²) in [5.74, 6) is 2.75. The van der Waals surface area contributed by atoms with Crippen molar-refractivity contribution in [2.75, 3.05) is 25.6 Å². The van der Waals surface area contributed by atoms with Crippen LogP contribution in [0.5, 0.6) is 17.4 Å². The largest absolute Gasteiger partial charge is 0.494 e. The van der Waals surface area contributed by atoms with Crippen molar-refractivity contribution in [1.29, 1.82) is 0 Å². The van der Waals surface area contributed by atoms with Crippen molar-refractivity contribution in [3.8, 4) is 28.6 Å². The van der Waals surface area contributed by atoms with E-state index < -0.39 is 0 Å². The molecule has 0 radical (unpaired) electrons. The first-order valence-corrected chi connectivity index (χ1v) is 10.2. The van der Waals surface area contributed by atoms with Crippen molar-refractivity contribution >= 4 is 5.82 Å². The van der Waals surface area contributed by atoms with E-state index in [9.17, 15) is 0 Å². The van der Waals surface area contributed by atoms with Gasteiger partial charge in [0.05, 0.1) is 26.0 Å². The molecular formula is C22H33N3O3. The van der Waals surface area contributed by atoms with Crippen molar-refractivity contribution in [2.24, 2.45) is 0 Å². The van der Waals surface area contributed by atoms with E-state index in [1.165, 1.54) is 0 Å². The lowest BCUT2D eigenvalue weighted by molar-refractivity contribution is 0.323. The molecule has 2 aromatic rings. The number of aryl methyl sites for hydroxylation is 1. The molecule has 28 heavy (non-hydrogen) atoms. The topological polar surface area (TPSA) is 65.5 Å². The van der Waals surface area contributed by atoms with Gasteiger partial charge in [0.1, 0.15) is 17.2 Å². The van der Waals surface area contributed by atoms with Gasteiger partial charge < -0.3 is 19.5 Å². The molecule has 154 valence electrons. The summed E-state index contributed by atoms with van der Waals surface area (Å²) >= 11 is 0. The lowest BCUT2D eigenvalue weighted by Crippen LogP contribution is -2.20. The van der Waals surface area contributed by atoms with Crippen LogP contribution in [-0.2, 0) is 6.42 Å². The van der Waals surface area contributed by atoms with Crippen LogP contribution < -0.4 is 19.5 Å². The molecule has 0 aliphatic rings. The monoisotopic (exact) mass is 387 g/mol. The number of hydrogen-bond acceptors (Lipinski definition) is 6. The molecule has 0 saturated carbocycles. The lowest BCUT2D eigenvalue weighted by atomic mass is 10.1. The molecular weight excluding hydrogens is 354 g/mol. The average Bonchev–Trinajstić information content (AvgIpc) is 2.72. The van der Waals surface area contributed by atoms with Crippen molar-refractivity contribution in [3.63, 3.8) is 0 Å². The Labute approximate surface area is 168 Å². The Morgan fingerprint density at radius 3 is 2.25 bits per heavy atom. The van der Waals surface area contributed by atoms with Crippen LogP contribution in [0.2, 0.25) is 0 Å². The number of nitrogens with one attached hydrogen (secondary N) is 1. The van der Waals surface area contributed by atoms with E-state index in [1.807, 2.05) is 32.0 Å². The summed E-state index contributed by atoms with van der Waals surface area (Å²) in [6.45, 7) is 11.5. The highest BCUT2D eigenvalue weighted by molar-refractivity contribution is 5.73. The minimum absolute atomic E-state index is 0.361. The van der Waals surface area contributed by atoms with Gasteiger partial charge in [0.25, 0.3) is 0 Å². The standard InChI is InChI=1S/C22H33N3O3/c1-7-15(8-2)23-21-18(9-3)24-20(22(25-21)26-6)17-13-12-16(27-10-4)14-19(17)28-11-5/h12-15H,7-11H2,1-6H3,(H,23,25). The van der Waals surface area contributed by atoms with E-state index in [0.717, 1.165) is 42.1 Å². The van der Waals surface area contributed by atoms with Gasteiger partial charge in [0, 0.05) is 17.7 Å². The molecule has 0 amide bonds. The predicted octanol–water partition coefficient (Wildman–Crippen LogP) is 5.11. The van der Waals surface area contributed by atoms with Gasteiger partial charge in [-0.1, -0.05) is 20.8 Å². The lowest BCUT2D eigenvalue weighted by Gasteiger charge is -2.20. The third-order valence-electron chi connectivity index (χ3n) is 4.61. The molecule has 1 N–H and O–H groups in total. The zero-order valence-electron chi connectivity index (χ0n) is 18.0. The minimum Gasteiger partial charge on any atom is -0.494 e. The zero-order valence-corrected chi connectivity index (χ0v) is 18.0. The molecule has 0 saturated heterocycles. The molecule has 0 fully saturated rings. The van der Waals surface area contributed by atoms with Crippen LogP contribution in [0.4, 0.5) is 5.82 Å². The number of rotatable bonds is 11. The van der Waals surface area contributed by atoms with Gasteiger partial charge >= 0.3 is 0 Å². The fraction of sp³-hybridized carbons (Fsp3) is 0.545. The highest BCUT2D eigenvalue weighted by Crippen LogP contribution is 2.38. The smallest absolute Gasteiger partial charge is 0.242 e.